The molecule has 0 heterocycles. The molecule has 0 saturated carbocycles. The minimum absolute atomic E-state index is 0.556. The molecule has 0 amide bonds. The molecule has 1 nitrogen and oxygen atoms in total. The van der Waals surface area contributed by atoms with Crippen molar-refractivity contribution in [2.45, 2.75) is 26.2 Å². The first-order valence-electron chi connectivity index (χ1n) is 12.8. The van der Waals surface area contributed by atoms with Gasteiger partial charge in [0.25, 0.3) is 0 Å². The second-order valence-electron chi connectivity index (χ2n) is 9.93. The molecule has 0 aromatic heterocycles. The third kappa shape index (κ3) is 3.53. The Kier molecular flexibility index (Phi) is 5.39. The Labute approximate surface area is 226 Å². The van der Waals surface area contributed by atoms with E-state index in [1.807, 2.05) is 12.1 Å². The Hall–Kier alpha value is -3.52. The van der Waals surface area contributed by atoms with Gasteiger partial charge in [0.05, 0.1) is 15.7 Å². The molecule has 6 aromatic carbocycles. The van der Waals surface area contributed by atoms with E-state index in [9.17, 15) is 0 Å². The molecular formula is C34H25Cl2N. The van der Waals surface area contributed by atoms with Crippen molar-refractivity contribution in [3.8, 4) is 0 Å². The van der Waals surface area contributed by atoms with Gasteiger partial charge in [-0.3, -0.25) is 0 Å². The topological polar surface area (TPSA) is 3.24 Å². The lowest BCUT2D eigenvalue weighted by Crippen LogP contribution is -2.13. The van der Waals surface area contributed by atoms with Crippen LogP contribution in [0, 0.1) is 6.92 Å². The molecule has 0 aliphatic heterocycles. The number of hydrogen-bond donors (Lipinski definition) is 0. The summed E-state index contributed by atoms with van der Waals surface area (Å²) in [7, 11) is 0. The number of fused-ring (bicyclic) bond motifs is 7. The summed E-state index contributed by atoms with van der Waals surface area (Å²) < 4.78 is 0. The van der Waals surface area contributed by atoms with Crippen molar-refractivity contribution < 1.29 is 0 Å². The van der Waals surface area contributed by atoms with Crippen molar-refractivity contribution in [3.05, 3.63) is 124 Å². The second-order valence-corrected chi connectivity index (χ2v) is 10.7. The van der Waals surface area contributed by atoms with Crippen molar-refractivity contribution in [1.29, 1.82) is 0 Å². The molecule has 6 aromatic rings. The van der Waals surface area contributed by atoms with Gasteiger partial charge in [0.15, 0.2) is 0 Å². The minimum Gasteiger partial charge on any atom is -0.309 e. The van der Waals surface area contributed by atoms with Crippen LogP contribution in [0.3, 0.4) is 0 Å². The molecule has 0 unspecified atom stereocenters. The van der Waals surface area contributed by atoms with Crippen LogP contribution in [0.25, 0.3) is 32.3 Å². The number of halogens is 2. The first kappa shape index (κ1) is 22.7. The van der Waals surface area contributed by atoms with E-state index in [0.29, 0.717) is 10.0 Å². The quantitative estimate of drug-likeness (QED) is 0.211. The molecule has 180 valence electrons. The van der Waals surface area contributed by atoms with Gasteiger partial charge in [-0.25, -0.2) is 0 Å². The molecule has 0 bridgehead atoms. The predicted molar refractivity (Wildman–Crippen MR) is 160 cm³/mol. The molecule has 0 N–H and O–H groups in total. The zero-order valence-electron chi connectivity index (χ0n) is 20.6. The molecule has 37 heavy (non-hydrogen) atoms. The lowest BCUT2D eigenvalue weighted by atomic mass is 9.93. The second kappa shape index (κ2) is 8.80. The number of nitrogens with zero attached hydrogens (tertiary/aromatic N) is 1. The monoisotopic (exact) mass is 517 g/mol. The molecule has 0 atom stereocenters. The number of hydrogen-bond acceptors (Lipinski definition) is 1. The molecule has 1 aliphatic carbocycles. The van der Waals surface area contributed by atoms with Gasteiger partial charge in [0, 0.05) is 11.4 Å². The SMILES string of the molecule is Cc1c(N(c2ccc3c4ccccc4c4ccccc4c3c2)c2cccc(Cl)c2Cl)ccc2c1CCC2. The van der Waals surface area contributed by atoms with Crippen LogP contribution < -0.4 is 4.90 Å². The van der Waals surface area contributed by atoms with E-state index in [4.69, 9.17) is 23.2 Å². The summed E-state index contributed by atoms with van der Waals surface area (Å²) in [6, 6.07) is 34.6. The summed E-state index contributed by atoms with van der Waals surface area (Å²) >= 11 is 13.4. The molecular weight excluding hydrogens is 493 g/mol. The number of benzene rings is 6. The van der Waals surface area contributed by atoms with Crippen molar-refractivity contribution in [2.24, 2.45) is 0 Å². The number of rotatable bonds is 3. The van der Waals surface area contributed by atoms with Crippen LogP contribution >= 0.6 is 23.2 Å². The first-order chi connectivity index (χ1) is 18.1. The van der Waals surface area contributed by atoms with Gasteiger partial charge in [0.1, 0.15) is 0 Å². The highest BCUT2D eigenvalue weighted by molar-refractivity contribution is 6.44. The lowest BCUT2D eigenvalue weighted by Gasteiger charge is -2.29. The van der Waals surface area contributed by atoms with Crippen LogP contribution in [-0.2, 0) is 12.8 Å². The van der Waals surface area contributed by atoms with Crippen molar-refractivity contribution >= 4 is 72.6 Å². The van der Waals surface area contributed by atoms with E-state index in [-0.39, 0.29) is 0 Å². The standard InChI is InChI=1S/C34H25Cl2N/c1-21-24-13-6-8-22(24)16-19-32(21)37(33-15-7-14-31(35)34(33)36)23-17-18-29-27-11-3-2-9-25(27)26-10-4-5-12-28(26)30(29)20-23/h2-5,7,9-12,14-20H,6,8,13H2,1H3. The summed E-state index contributed by atoms with van der Waals surface area (Å²) in [5, 5.41) is 8.67. The third-order valence-corrected chi connectivity index (χ3v) is 8.75. The van der Waals surface area contributed by atoms with Gasteiger partial charge in [-0.1, -0.05) is 89.9 Å². The minimum atomic E-state index is 0.556. The number of aryl methyl sites for hydroxylation is 1. The van der Waals surface area contributed by atoms with E-state index in [1.54, 1.807) is 0 Å². The maximum Gasteiger partial charge on any atom is 0.0832 e. The van der Waals surface area contributed by atoms with Crippen LogP contribution in [0.5, 0.6) is 0 Å². The van der Waals surface area contributed by atoms with Gasteiger partial charge >= 0.3 is 0 Å². The molecule has 0 fully saturated rings. The Morgan fingerprint density at radius 1 is 0.595 bits per heavy atom. The van der Waals surface area contributed by atoms with E-state index in [0.717, 1.165) is 29.9 Å². The Balaban J connectivity index is 1.55. The highest BCUT2D eigenvalue weighted by atomic mass is 35.5. The Bertz CT molecular complexity index is 1820. The molecule has 1 aliphatic rings. The summed E-state index contributed by atoms with van der Waals surface area (Å²) in [5.74, 6) is 0. The van der Waals surface area contributed by atoms with Crippen LogP contribution in [0.4, 0.5) is 17.1 Å². The third-order valence-electron chi connectivity index (χ3n) is 7.94. The zero-order valence-corrected chi connectivity index (χ0v) is 22.1. The van der Waals surface area contributed by atoms with Gasteiger partial charge < -0.3 is 4.90 Å². The van der Waals surface area contributed by atoms with E-state index in [1.165, 1.54) is 55.4 Å². The van der Waals surface area contributed by atoms with Crippen molar-refractivity contribution in [3.63, 3.8) is 0 Å². The summed E-state index contributed by atoms with van der Waals surface area (Å²) in [4.78, 5) is 2.28. The highest BCUT2D eigenvalue weighted by Gasteiger charge is 2.23. The summed E-state index contributed by atoms with van der Waals surface area (Å²) in [5.41, 5.74) is 7.36. The van der Waals surface area contributed by atoms with E-state index in [2.05, 4.69) is 96.8 Å². The van der Waals surface area contributed by atoms with Gasteiger partial charge in [0.2, 0.25) is 0 Å². The number of anilines is 3. The van der Waals surface area contributed by atoms with E-state index < -0.39 is 0 Å². The van der Waals surface area contributed by atoms with Crippen molar-refractivity contribution in [1.82, 2.24) is 0 Å². The maximum absolute atomic E-state index is 6.88. The maximum atomic E-state index is 6.88. The fourth-order valence-corrected chi connectivity index (χ4v) is 6.57. The normalized spacial score (nSPS) is 12.9. The summed E-state index contributed by atoms with van der Waals surface area (Å²) in [6.45, 7) is 2.24. The van der Waals surface area contributed by atoms with Crippen molar-refractivity contribution in [2.75, 3.05) is 4.90 Å². The fraction of sp³-hybridized carbons (Fsp3) is 0.118. The van der Waals surface area contributed by atoms with Gasteiger partial charge in [-0.05, 0) is 106 Å². The first-order valence-corrected chi connectivity index (χ1v) is 13.6. The smallest absolute Gasteiger partial charge is 0.0832 e. The van der Waals surface area contributed by atoms with Gasteiger partial charge in [-0.2, -0.15) is 0 Å². The van der Waals surface area contributed by atoms with Crippen LogP contribution in [-0.4, -0.2) is 0 Å². The van der Waals surface area contributed by atoms with E-state index >= 15 is 0 Å². The lowest BCUT2D eigenvalue weighted by molar-refractivity contribution is 0.909. The molecule has 0 saturated heterocycles. The highest BCUT2D eigenvalue weighted by Crippen LogP contribution is 2.46. The fourth-order valence-electron chi connectivity index (χ4n) is 6.19. The average Bonchev–Trinajstić information content (AvgIpc) is 3.42. The molecule has 0 radical (unpaired) electrons. The zero-order chi connectivity index (χ0) is 25.1. The predicted octanol–water partition coefficient (Wildman–Crippen LogP) is 10.7. The molecule has 3 heteroatoms. The average molecular weight is 518 g/mol. The Morgan fingerprint density at radius 2 is 1.24 bits per heavy atom. The molecule has 0 spiro atoms. The molecule has 7 rings (SSSR count). The van der Waals surface area contributed by atoms with Crippen LogP contribution in [0.15, 0.2) is 97.1 Å². The van der Waals surface area contributed by atoms with Crippen LogP contribution in [0.1, 0.15) is 23.1 Å². The summed E-state index contributed by atoms with van der Waals surface area (Å²) in [6.07, 6.45) is 3.50. The van der Waals surface area contributed by atoms with Gasteiger partial charge in [-0.15, -0.1) is 0 Å². The largest absolute Gasteiger partial charge is 0.309 e. The van der Waals surface area contributed by atoms with Crippen LogP contribution in [0.2, 0.25) is 10.0 Å². The Morgan fingerprint density at radius 3 is 1.95 bits per heavy atom.